The highest BCUT2D eigenvalue weighted by Crippen LogP contribution is 2.19. The quantitative estimate of drug-likeness (QED) is 0.705. The van der Waals surface area contributed by atoms with E-state index in [1.807, 2.05) is 0 Å². The van der Waals surface area contributed by atoms with Gasteiger partial charge in [-0.05, 0) is 38.6 Å². The standard InChI is InChI=1S/C16H30N2O2/c19-16(10-9-14-6-4-5-11-17-14)18-12-13-20-15-7-2-1-3-8-15/h14-15,17H,1-13H2,(H,18,19). The van der Waals surface area contributed by atoms with Crippen LogP contribution in [0.2, 0.25) is 0 Å². The van der Waals surface area contributed by atoms with Gasteiger partial charge in [-0.1, -0.05) is 25.7 Å². The van der Waals surface area contributed by atoms with E-state index in [4.69, 9.17) is 4.74 Å². The predicted octanol–water partition coefficient (Wildman–Crippen LogP) is 2.37. The molecule has 1 saturated carbocycles. The number of hydrogen-bond acceptors (Lipinski definition) is 3. The zero-order chi connectivity index (χ0) is 14.0. The van der Waals surface area contributed by atoms with Crippen molar-refractivity contribution >= 4 is 5.91 Å². The van der Waals surface area contributed by atoms with Crippen LogP contribution in [0.1, 0.15) is 64.2 Å². The third-order valence-corrected chi connectivity index (χ3v) is 4.46. The largest absolute Gasteiger partial charge is 0.376 e. The monoisotopic (exact) mass is 282 g/mol. The molecule has 2 aliphatic rings. The fourth-order valence-electron chi connectivity index (χ4n) is 3.21. The van der Waals surface area contributed by atoms with Gasteiger partial charge in [0.05, 0.1) is 12.7 Å². The third kappa shape index (κ3) is 6.23. The lowest BCUT2D eigenvalue weighted by molar-refractivity contribution is -0.121. The smallest absolute Gasteiger partial charge is 0.220 e. The molecule has 4 nitrogen and oxygen atoms in total. The van der Waals surface area contributed by atoms with Gasteiger partial charge in [0.1, 0.15) is 0 Å². The molecule has 0 spiro atoms. The summed E-state index contributed by atoms with van der Waals surface area (Å²) in [7, 11) is 0. The summed E-state index contributed by atoms with van der Waals surface area (Å²) in [4.78, 5) is 11.7. The SMILES string of the molecule is O=C(CCC1CCCCN1)NCCOC1CCCCC1. The van der Waals surface area contributed by atoms with Gasteiger partial charge in [-0.25, -0.2) is 0 Å². The van der Waals surface area contributed by atoms with E-state index in [0.29, 0.717) is 31.7 Å². The molecule has 116 valence electrons. The summed E-state index contributed by atoms with van der Waals surface area (Å²) >= 11 is 0. The predicted molar refractivity (Wildman–Crippen MR) is 80.7 cm³/mol. The lowest BCUT2D eigenvalue weighted by Crippen LogP contribution is -2.36. The van der Waals surface area contributed by atoms with Gasteiger partial charge in [0.2, 0.25) is 5.91 Å². The fraction of sp³-hybridized carbons (Fsp3) is 0.938. The highest BCUT2D eigenvalue weighted by Gasteiger charge is 2.15. The normalized spacial score (nSPS) is 24.5. The number of hydrogen-bond donors (Lipinski definition) is 2. The Morgan fingerprint density at radius 3 is 2.65 bits per heavy atom. The second-order valence-electron chi connectivity index (χ2n) is 6.17. The average molecular weight is 282 g/mol. The Hall–Kier alpha value is -0.610. The number of carbonyl (C=O) groups excluding carboxylic acids is 1. The molecule has 0 bridgehead atoms. The van der Waals surface area contributed by atoms with Crippen LogP contribution in [0.25, 0.3) is 0 Å². The first-order valence-electron chi connectivity index (χ1n) is 8.46. The topological polar surface area (TPSA) is 50.4 Å². The van der Waals surface area contributed by atoms with Gasteiger partial charge < -0.3 is 15.4 Å². The van der Waals surface area contributed by atoms with Gasteiger partial charge in [-0.15, -0.1) is 0 Å². The summed E-state index contributed by atoms with van der Waals surface area (Å²) in [6.07, 6.45) is 12.2. The second kappa shape index (κ2) is 9.35. The van der Waals surface area contributed by atoms with Crippen LogP contribution in [0.3, 0.4) is 0 Å². The fourth-order valence-corrected chi connectivity index (χ4v) is 3.21. The molecule has 1 aliphatic carbocycles. The molecule has 0 aromatic heterocycles. The van der Waals surface area contributed by atoms with E-state index in [2.05, 4.69) is 10.6 Å². The molecule has 1 aliphatic heterocycles. The lowest BCUT2D eigenvalue weighted by Gasteiger charge is -2.23. The van der Waals surface area contributed by atoms with Crippen molar-refractivity contribution in [3.63, 3.8) is 0 Å². The van der Waals surface area contributed by atoms with Crippen molar-refractivity contribution < 1.29 is 9.53 Å². The van der Waals surface area contributed by atoms with Gasteiger partial charge in [-0.2, -0.15) is 0 Å². The molecule has 1 atom stereocenters. The van der Waals surface area contributed by atoms with Crippen molar-refractivity contribution in [1.82, 2.24) is 10.6 Å². The minimum Gasteiger partial charge on any atom is -0.376 e. The number of carbonyl (C=O) groups is 1. The average Bonchev–Trinajstić information content (AvgIpc) is 2.52. The first-order valence-corrected chi connectivity index (χ1v) is 8.46. The van der Waals surface area contributed by atoms with Gasteiger partial charge in [0.15, 0.2) is 0 Å². The molecular weight excluding hydrogens is 252 g/mol. The van der Waals surface area contributed by atoms with Crippen LogP contribution in [0, 0.1) is 0 Å². The molecule has 1 amide bonds. The first kappa shape index (κ1) is 15.8. The lowest BCUT2D eigenvalue weighted by atomic mass is 9.98. The van der Waals surface area contributed by atoms with Crippen molar-refractivity contribution in [1.29, 1.82) is 0 Å². The highest BCUT2D eigenvalue weighted by atomic mass is 16.5. The number of piperidine rings is 1. The van der Waals surface area contributed by atoms with E-state index in [1.54, 1.807) is 0 Å². The molecule has 0 aromatic rings. The van der Waals surface area contributed by atoms with Gasteiger partial charge >= 0.3 is 0 Å². The molecule has 1 unspecified atom stereocenters. The van der Waals surface area contributed by atoms with Gasteiger partial charge in [0.25, 0.3) is 0 Å². The summed E-state index contributed by atoms with van der Waals surface area (Å²) in [5.41, 5.74) is 0. The molecule has 2 rings (SSSR count). The number of amides is 1. The summed E-state index contributed by atoms with van der Waals surface area (Å²) in [6.45, 7) is 2.44. The molecule has 1 heterocycles. The summed E-state index contributed by atoms with van der Waals surface area (Å²) < 4.78 is 5.80. The maximum absolute atomic E-state index is 11.7. The Kier molecular flexibility index (Phi) is 7.37. The van der Waals surface area contributed by atoms with Crippen molar-refractivity contribution in [2.75, 3.05) is 19.7 Å². The van der Waals surface area contributed by atoms with Crippen LogP contribution in [-0.2, 0) is 9.53 Å². The zero-order valence-corrected chi connectivity index (χ0v) is 12.7. The Labute approximate surface area is 123 Å². The Bertz CT molecular complexity index is 272. The number of nitrogens with one attached hydrogen (secondary N) is 2. The van der Waals surface area contributed by atoms with Crippen LogP contribution < -0.4 is 10.6 Å². The van der Waals surface area contributed by atoms with Crippen molar-refractivity contribution in [3.05, 3.63) is 0 Å². The van der Waals surface area contributed by atoms with Crippen molar-refractivity contribution in [2.24, 2.45) is 0 Å². The number of rotatable bonds is 7. The molecule has 1 saturated heterocycles. The Balaban J connectivity index is 1.45. The van der Waals surface area contributed by atoms with Gasteiger partial charge in [0, 0.05) is 19.0 Å². The Morgan fingerprint density at radius 2 is 1.90 bits per heavy atom. The minimum atomic E-state index is 0.171. The minimum absolute atomic E-state index is 0.171. The zero-order valence-electron chi connectivity index (χ0n) is 12.7. The van der Waals surface area contributed by atoms with E-state index in [9.17, 15) is 4.79 Å². The second-order valence-corrected chi connectivity index (χ2v) is 6.17. The van der Waals surface area contributed by atoms with E-state index in [0.717, 1.165) is 13.0 Å². The summed E-state index contributed by atoms with van der Waals surface area (Å²) in [6, 6.07) is 0.549. The maximum atomic E-state index is 11.7. The highest BCUT2D eigenvalue weighted by molar-refractivity contribution is 5.75. The van der Waals surface area contributed by atoms with E-state index >= 15 is 0 Å². The van der Waals surface area contributed by atoms with Gasteiger partial charge in [-0.3, -0.25) is 4.79 Å². The molecular formula is C16H30N2O2. The molecule has 4 heteroatoms. The number of ether oxygens (including phenoxy) is 1. The van der Waals surface area contributed by atoms with Crippen molar-refractivity contribution in [2.45, 2.75) is 76.4 Å². The molecule has 2 N–H and O–H groups in total. The van der Waals surface area contributed by atoms with E-state index in [-0.39, 0.29) is 5.91 Å². The van der Waals surface area contributed by atoms with Crippen LogP contribution in [-0.4, -0.2) is 37.7 Å². The summed E-state index contributed by atoms with van der Waals surface area (Å²) in [5.74, 6) is 0.171. The first-order chi connectivity index (χ1) is 9.84. The molecule has 0 aromatic carbocycles. The molecule has 0 radical (unpaired) electrons. The Morgan fingerprint density at radius 1 is 1.10 bits per heavy atom. The third-order valence-electron chi connectivity index (χ3n) is 4.46. The van der Waals surface area contributed by atoms with Crippen LogP contribution in [0.15, 0.2) is 0 Å². The molecule has 2 fully saturated rings. The van der Waals surface area contributed by atoms with Crippen molar-refractivity contribution in [3.8, 4) is 0 Å². The van der Waals surface area contributed by atoms with Crippen LogP contribution in [0.5, 0.6) is 0 Å². The van der Waals surface area contributed by atoms with Crippen LogP contribution in [0.4, 0.5) is 0 Å². The van der Waals surface area contributed by atoms with E-state index < -0.39 is 0 Å². The van der Waals surface area contributed by atoms with E-state index in [1.165, 1.54) is 51.4 Å². The maximum Gasteiger partial charge on any atom is 0.220 e. The molecule has 20 heavy (non-hydrogen) atoms. The van der Waals surface area contributed by atoms with Crippen LogP contribution >= 0.6 is 0 Å². The summed E-state index contributed by atoms with van der Waals surface area (Å²) in [5, 5.41) is 6.45.